The third-order valence-corrected chi connectivity index (χ3v) is 3.23. The minimum absolute atomic E-state index is 0.0411. The summed E-state index contributed by atoms with van der Waals surface area (Å²) in [5.41, 5.74) is 8.06. The molecule has 0 aromatic heterocycles. The van der Waals surface area contributed by atoms with Crippen LogP contribution in [-0.2, 0) is 10.0 Å². The Labute approximate surface area is 103 Å². The maximum Gasteiger partial charge on any atom is 0.238 e. The van der Waals surface area contributed by atoms with E-state index in [2.05, 4.69) is 10.0 Å². The third-order valence-electron chi connectivity index (χ3n) is 2.24. The number of hydrogen-bond acceptors (Lipinski definition) is 5. The highest BCUT2D eigenvalue weighted by atomic mass is 32.2. The topological polar surface area (TPSA) is 149 Å². The van der Waals surface area contributed by atoms with E-state index in [0.717, 1.165) is 0 Å². The molecule has 0 spiro atoms. The van der Waals surface area contributed by atoms with Gasteiger partial charge in [-0.1, -0.05) is 23.3 Å². The van der Waals surface area contributed by atoms with Crippen LogP contribution in [0.1, 0.15) is 11.7 Å². The summed E-state index contributed by atoms with van der Waals surface area (Å²) in [6.07, 6.45) is -2.92. The van der Waals surface area contributed by atoms with Gasteiger partial charge in [0, 0.05) is 10.5 Å². The molecule has 18 heavy (non-hydrogen) atoms. The second kappa shape index (κ2) is 5.80. The second-order valence-electron chi connectivity index (χ2n) is 3.51. The predicted octanol–water partition coefficient (Wildman–Crippen LogP) is 0.0386. The Bertz CT molecular complexity index is 568. The van der Waals surface area contributed by atoms with E-state index in [-0.39, 0.29) is 17.0 Å². The normalized spacial score (nSPS) is 14.6. The molecule has 0 aliphatic carbocycles. The first-order chi connectivity index (χ1) is 8.38. The predicted molar refractivity (Wildman–Crippen MR) is 62.8 cm³/mol. The number of aliphatic hydroxyl groups is 2. The summed E-state index contributed by atoms with van der Waals surface area (Å²) in [4.78, 5) is 2.15. The van der Waals surface area contributed by atoms with Gasteiger partial charge in [-0.25, -0.2) is 13.6 Å². The first-order valence-corrected chi connectivity index (χ1v) is 6.41. The number of azide groups is 1. The zero-order valence-corrected chi connectivity index (χ0v) is 10.0. The van der Waals surface area contributed by atoms with Crippen molar-refractivity contribution in [2.24, 2.45) is 10.3 Å². The zero-order valence-electron chi connectivity index (χ0n) is 9.21. The van der Waals surface area contributed by atoms with Crippen LogP contribution in [-0.4, -0.2) is 31.3 Å². The summed E-state index contributed by atoms with van der Waals surface area (Å²) >= 11 is 0. The molecule has 1 rings (SSSR count). The number of primary sulfonamides is 1. The number of rotatable bonds is 5. The van der Waals surface area contributed by atoms with Crippen molar-refractivity contribution in [2.45, 2.75) is 17.1 Å². The first-order valence-electron chi connectivity index (χ1n) is 4.86. The molecule has 0 saturated heterocycles. The van der Waals surface area contributed by atoms with Crippen molar-refractivity contribution in [1.82, 2.24) is 0 Å². The van der Waals surface area contributed by atoms with E-state index >= 15 is 0 Å². The molecular formula is C9H12N4O4S. The summed E-state index contributed by atoms with van der Waals surface area (Å²) in [5, 5.41) is 27.4. The van der Waals surface area contributed by atoms with Crippen molar-refractivity contribution in [2.75, 3.05) is 6.54 Å². The van der Waals surface area contributed by atoms with Gasteiger partial charge in [0.25, 0.3) is 0 Å². The molecular weight excluding hydrogens is 260 g/mol. The molecule has 8 nitrogen and oxygen atoms in total. The van der Waals surface area contributed by atoms with Gasteiger partial charge in [0.2, 0.25) is 10.0 Å². The molecule has 1 aromatic carbocycles. The molecule has 0 aliphatic heterocycles. The van der Waals surface area contributed by atoms with Gasteiger partial charge in [0.1, 0.15) is 6.10 Å². The number of benzene rings is 1. The van der Waals surface area contributed by atoms with Crippen molar-refractivity contribution in [3.8, 4) is 0 Å². The first kappa shape index (κ1) is 14.4. The standard InChI is InChI=1S/C9H12N4O4S/c10-13-12-5-7(14)9(15)6-3-1-2-4-8(6)18(11,16)17/h1-4,7,9,14-15H,5H2,(H2,11,16,17). The van der Waals surface area contributed by atoms with Crippen LogP contribution in [0.5, 0.6) is 0 Å². The molecule has 0 radical (unpaired) electrons. The molecule has 2 atom stereocenters. The number of sulfonamides is 1. The second-order valence-corrected chi connectivity index (χ2v) is 5.04. The summed E-state index contributed by atoms with van der Waals surface area (Å²) < 4.78 is 22.6. The third kappa shape index (κ3) is 3.42. The van der Waals surface area contributed by atoms with E-state index < -0.39 is 22.2 Å². The maximum atomic E-state index is 11.3. The van der Waals surface area contributed by atoms with Crippen LogP contribution in [0.2, 0.25) is 0 Å². The van der Waals surface area contributed by atoms with E-state index in [9.17, 15) is 18.6 Å². The van der Waals surface area contributed by atoms with Crippen molar-refractivity contribution in [1.29, 1.82) is 0 Å². The average Bonchev–Trinajstić information content (AvgIpc) is 2.34. The van der Waals surface area contributed by atoms with Gasteiger partial charge in [-0.05, 0) is 11.6 Å². The summed E-state index contributed by atoms with van der Waals surface area (Å²) in [5.74, 6) is 0. The lowest BCUT2D eigenvalue weighted by molar-refractivity contribution is 0.0227. The molecule has 0 bridgehead atoms. The lowest BCUT2D eigenvalue weighted by Crippen LogP contribution is -2.24. The lowest BCUT2D eigenvalue weighted by Gasteiger charge is -2.18. The van der Waals surface area contributed by atoms with Crippen LogP contribution in [0.15, 0.2) is 34.3 Å². The van der Waals surface area contributed by atoms with Crippen LogP contribution in [0.25, 0.3) is 10.4 Å². The number of nitrogens with two attached hydrogens (primary N) is 1. The fraction of sp³-hybridized carbons (Fsp3) is 0.333. The smallest absolute Gasteiger partial charge is 0.238 e. The summed E-state index contributed by atoms with van der Waals surface area (Å²) in [6, 6.07) is 5.47. The molecule has 1 aromatic rings. The number of nitrogens with zero attached hydrogens (tertiary/aromatic N) is 3. The Kier molecular flexibility index (Phi) is 4.65. The SMILES string of the molecule is [N-]=[N+]=NCC(O)C(O)c1ccccc1S(N)(=O)=O. The highest BCUT2D eigenvalue weighted by molar-refractivity contribution is 7.89. The highest BCUT2D eigenvalue weighted by Crippen LogP contribution is 2.24. The highest BCUT2D eigenvalue weighted by Gasteiger charge is 2.24. The minimum Gasteiger partial charge on any atom is -0.390 e. The zero-order chi connectivity index (χ0) is 13.8. The van der Waals surface area contributed by atoms with Gasteiger partial charge < -0.3 is 10.2 Å². The molecule has 2 unspecified atom stereocenters. The van der Waals surface area contributed by atoms with E-state index in [1.54, 1.807) is 0 Å². The number of hydrogen-bond donors (Lipinski definition) is 3. The van der Waals surface area contributed by atoms with Crippen molar-refractivity contribution < 1.29 is 18.6 Å². The Morgan fingerprint density at radius 1 is 1.39 bits per heavy atom. The quantitative estimate of drug-likeness (QED) is 0.394. The Hall–Kier alpha value is -1.64. The van der Waals surface area contributed by atoms with Gasteiger partial charge >= 0.3 is 0 Å². The average molecular weight is 272 g/mol. The van der Waals surface area contributed by atoms with Gasteiger partial charge in [-0.2, -0.15) is 0 Å². The monoisotopic (exact) mass is 272 g/mol. The fourth-order valence-corrected chi connectivity index (χ4v) is 2.20. The fourth-order valence-electron chi connectivity index (χ4n) is 1.41. The van der Waals surface area contributed by atoms with Crippen LogP contribution in [0, 0.1) is 0 Å². The molecule has 9 heteroatoms. The van der Waals surface area contributed by atoms with E-state index in [0.29, 0.717) is 0 Å². The van der Waals surface area contributed by atoms with Gasteiger partial charge in [0.05, 0.1) is 17.5 Å². The molecule has 0 fully saturated rings. The molecule has 98 valence electrons. The molecule has 0 aliphatic rings. The van der Waals surface area contributed by atoms with Crippen LogP contribution in [0.3, 0.4) is 0 Å². The Balaban J connectivity index is 3.13. The van der Waals surface area contributed by atoms with E-state index in [1.807, 2.05) is 0 Å². The maximum absolute atomic E-state index is 11.3. The Morgan fingerprint density at radius 3 is 2.56 bits per heavy atom. The molecule has 0 amide bonds. The minimum atomic E-state index is -4.01. The van der Waals surface area contributed by atoms with Gasteiger partial charge in [0.15, 0.2) is 0 Å². The van der Waals surface area contributed by atoms with Crippen LogP contribution < -0.4 is 5.14 Å². The molecule has 4 N–H and O–H groups in total. The number of aliphatic hydroxyl groups excluding tert-OH is 2. The molecule has 0 heterocycles. The Morgan fingerprint density at radius 2 is 2.00 bits per heavy atom. The summed E-state index contributed by atoms with van der Waals surface area (Å²) in [7, 11) is -4.01. The summed E-state index contributed by atoms with van der Waals surface area (Å²) in [6.45, 7) is -0.378. The van der Waals surface area contributed by atoms with Crippen molar-refractivity contribution >= 4 is 10.0 Å². The molecule has 0 saturated carbocycles. The van der Waals surface area contributed by atoms with Crippen molar-refractivity contribution in [3.05, 3.63) is 40.3 Å². The van der Waals surface area contributed by atoms with E-state index in [4.69, 9.17) is 10.7 Å². The lowest BCUT2D eigenvalue weighted by atomic mass is 10.0. The van der Waals surface area contributed by atoms with Crippen molar-refractivity contribution in [3.63, 3.8) is 0 Å². The van der Waals surface area contributed by atoms with Gasteiger partial charge in [-0.3, -0.25) is 0 Å². The van der Waals surface area contributed by atoms with Gasteiger partial charge in [-0.15, -0.1) is 0 Å². The van der Waals surface area contributed by atoms with Crippen LogP contribution in [0.4, 0.5) is 0 Å². The van der Waals surface area contributed by atoms with E-state index in [1.165, 1.54) is 24.3 Å². The van der Waals surface area contributed by atoms with Crippen LogP contribution >= 0.6 is 0 Å². The largest absolute Gasteiger partial charge is 0.390 e.